The van der Waals surface area contributed by atoms with Crippen LogP contribution >= 0.6 is 0 Å². The van der Waals surface area contributed by atoms with Gasteiger partial charge in [-0.1, -0.05) is 214 Å². The van der Waals surface area contributed by atoms with Gasteiger partial charge in [0.25, 0.3) is 0 Å². The minimum Gasteiger partial charge on any atom is -0.462 e. The summed E-state index contributed by atoms with van der Waals surface area (Å²) in [5.41, 5.74) is 0. The van der Waals surface area contributed by atoms with Crippen molar-refractivity contribution in [2.45, 2.75) is 258 Å². The Morgan fingerprint density at radius 2 is 0.682 bits per heavy atom. The van der Waals surface area contributed by atoms with Gasteiger partial charge in [-0.3, -0.25) is 9.59 Å². The first-order valence-corrected chi connectivity index (χ1v) is 27.8. The van der Waals surface area contributed by atoms with E-state index in [4.69, 9.17) is 14.2 Å². The Morgan fingerprint density at radius 3 is 1.14 bits per heavy atom. The van der Waals surface area contributed by atoms with Crippen LogP contribution in [0.4, 0.5) is 0 Å². The Hall–Kier alpha value is -3.18. The van der Waals surface area contributed by atoms with Crippen LogP contribution in [-0.2, 0) is 23.8 Å². The molecule has 0 rings (SSSR count). The summed E-state index contributed by atoms with van der Waals surface area (Å²) < 4.78 is 17.4. The Kier molecular flexibility index (Phi) is 53.4. The third kappa shape index (κ3) is 53.4. The van der Waals surface area contributed by atoms with Crippen molar-refractivity contribution in [1.82, 2.24) is 0 Å². The molecule has 0 aromatic carbocycles. The lowest BCUT2D eigenvalue weighted by Gasteiger charge is -2.18. The molecule has 0 radical (unpaired) electrons. The number of hydrogen-bond acceptors (Lipinski definition) is 5. The fourth-order valence-electron chi connectivity index (χ4n) is 7.44. The number of hydrogen-bond donors (Lipinski definition) is 0. The van der Waals surface area contributed by atoms with Gasteiger partial charge < -0.3 is 14.2 Å². The summed E-state index contributed by atoms with van der Waals surface area (Å²) in [6, 6.07) is 0. The maximum atomic E-state index is 12.8. The van der Waals surface area contributed by atoms with Crippen LogP contribution in [-0.4, -0.2) is 37.9 Å². The first-order chi connectivity index (χ1) is 32.6. The molecule has 0 bridgehead atoms. The molecule has 5 heteroatoms. The lowest BCUT2D eigenvalue weighted by Crippen LogP contribution is -2.30. The molecule has 0 aliphatic heterocycles. The Morgan fingerprint density at radius 1 is 0.348 bits per heavy atom. The molecule has 0 aliphatic rings. The van der Waals surface area contributed by atoms with Crippen molar-refractivity contribution in [3.63, 3.8) is 0 Å². The second-order valence-electron chi connectivity index (χ2n) is 18.1. The number of allylic oxidation sites excluding steroid dienone is 16. The van der Waals surface area contributed by atoms with E-state index in [9.17, 15) is 9.59 Å². The van der Waals surface area contributed by atoms with Crippen LogP contribution in [0, 0.1) is 0 Å². The van der Waals surface area contributed by atoms with Crippen molar-refractivity contribution >= 4 is 11.9 Å². The number of carbonyl (C=O) groups excluding carboxylic acids is 2. The average Bonchev–Trinajstić information content (AvgIpc) is 3.32. The standard InChI is InChI=1S/C61H104O5/c1-4-7-10-13-16-19-22-25-27-29-31-32-34-37-39-42-45-48-51-54-60(62)65-58-59(66-61(63)55-52-49-46-43-40-36-24-21-18-15-12-9-6-3)57-64-56-53-50-47-44-41-38-35-33-30-28-26-23-20-17-14-11-8-5-2/h8,11,16-17,19-21,24-28,31-33,35,59H,4-7,9-10,12-15,18,22-23,29-30,34,36-58H2,1-3H3/b11-8-,19-16-,20-17-,24-21-,27-25-,28-26-,32-31-,35-33-. The van der Waals surface area contributed by atoms with E-state index in [1.165, 1.54) is 109 Å². The highest BCUT2D eigenvalue weighted by molar-refractivity contribution is 5.70. The molecule has 0 saturated heterocycles. The molecule has 1 atom stereocenters. The SMILES string of the molecule is CC/C=C\C/C=C\C/C=C\C/C=C\CCCCCCCOCC(COC(=O)CCCCCCCC/C=C\C/C=C\C/C=C\CCCCC)OC(=O)CCCCCCC/C=C\CCCCCC. The van der Waals surface area contributed by atoms with Crippen molar-refractivity contribution in [2.75, 3.05) is 19.8 Å². The monoisotopic (exact) mass is 917 g/mol. The molecule has 0 aromatic heterocycles. The summed E-state index contributed by atoms with van der Waals surface area (Å²) in [5, 5.41) is 0. The summed E-state index contributed by atoms with van der Waals surface area (Å²) >= 11 is 0. The highest BCUT2D eigenvalue weighted by atomic mass is 16.6. The summed E-state index contributed by atoms with van der Waals surface area (Å²) in [6.07, 6.45) is 75.6. The largest absolute Gasteiger partial charge is 0.462 e. The normalized spacial score (nSPS) is 13.0. The van der Waals surface area contributed by atoms with Crippen LogP contribution < -0.4 is 0 Å². The molecule has 66 heavy (non-hydrogen) atoms. The average molecular weight is 917 g/mol. The molecule has 0 N–H and O–H groups in total. The number of ether oxygens (including phenoxy) is 3. The smallest absolute Gasteiger partial charge is 0.306 e. The molecular weight excluding hydrogens is 813 g/mol. The van der Waals surface area contributed by atoms with E-state index < -0.39 is 6.10 Å². The van der Waals surface area contributed by atoms with Gasteiger partial charge in [0.1, 0.15) is 6.61 Å². The lowest BCUT2D eigenvalue weighted by atomic mass is 10.1. The molecule has 0 amide bonds. The van der Waals surface area contributed by atoms with Crippen LogP contribution in [0.25, 0.3) is 0 Å². The summed E-state index contributed by atoms with van der Waals surface area (Å²) in [7, 11) is 0. The van der Waals surface area contributed by atoms with E-state index >= 15 is 0 Å². The Labute approximate surface area is 409 Å². The molecule has 0 spiro atoms. The van der Waals surface area contributed by atoms with Gasteiger partial charge in [0.15, 0.2) is 6.10 Å². The minimum atomic E-state index is -0.561. The molecular formula is C61H104O5. The zero-order valence-electron chi connectivity index (χ0n) is 43.4. The van der Waals surface area contributed by atoms with Gasteiger partial charge in [-0.15, -0.1) is 0 Å². The van der Waals surface area contributed by atoms with Gasteiger partial charge >= 0.3 is 11.9 Å². The van der Waals surface area contributed by atoms with Crippen molar-refractivity contribution < 1.29 is 23.8 Å². The Balaban J connectivity index is 4.34. The van der Waals surface area contributed by atoms with Crippen LogP contribution in [0.2, 0.25) is 0 Å². The van der Waals surface area contributed by atoms with Crippen molar-refractivity contribution in [1.29, 1.82) is 0 Å². The second-order valence-corrected chi connectivity index (χ2v) is 18.1. The predicted octanol–water partition coefficient (Wildman–Crippen LogP) is 19.0. The first kappa shape index (κ1) is 62.8. The molecule has 378 valence electrons. The first-order valence-electron chi connectivity index (χ1n) is 27.8. The fourth-order valence-corrected chi connectivity index (χ4v) is 7.44. The number of esters is 2. The van der Waals surface area contributed by atoms with Crippen LogP contribution in [0.3, 0.4) is 0 Å². The van der Waals surface area contributed by atoms with Gasteiger partial charge in [0, 0.05) is 19.4 Å². The third-order valence-corrected chi connectivity index (χ3v) is 11.6. The zero-order chi connectivity index (χ0) is 47.7. The van der Waals surface area contributed by atoms with Crippen LogP contribution in [0.1, 0.15) is 252 Å². The molecule has 1 unspecified atom stereocenters. The van der Waals surface area contributed by atoms with Gasteiger partial charge in [-0.05, 0) is 122 Å². The predicted molar refractivity (Wildman–Crippen MR) is 288 cm³/mol. The number of unbranched alkanes of at least 4 members (excludes halogenated alkanes) is 23. The lowest BCUT2D eigenvalue weighted by molar-refractivity contribution is -0.163. The van der Waals surface area contributed by atoms with E-state index in [-0.39, 0.29) is 25.2 Å². The van der Waals surface area contributed by atoms with Crippen molar-refractivity contribution in [3.05, 3.63) is 97.2 Å². The highest BCUT2D eigenvalue weighted by Crippen LogP contribution is 2.13. The van der Waals surface area contributed by atoms with E-state index in [1.54, 1.807) is 0 Å². The van der Waals surface area contributed by atoms with Crippen LogP contribution in [0.5, 0.6) is 0 Å². The molecule has 0 heterocycles. The van der Waals surface area contributed by atoms with E-state index in [0.29, 0.717) is 19.4 Å². The van der Waals surface area contributed by atoms with E-state index in [0.717, 1.165) is 109 Å². The van der Waals surface area contributed by atoms with Crippen LogP contribution in [0.15, 0.2) is 97.2 Å². The van der Waals surface area contributed by atoms with Crippen molar-refractivity contribution in [2.24, 2.45) is 0 Å². The molecule has 0 aliphatic carbocycles. The maximum Gasteiger partial charge on any atom is 0.306 e. The molecule has 0 fully saturated rings. The number of rotatable bonds is 50. The van der Waals surface area contributed by atoms with Gasteiger partial charge in [-0.2, -0.15) is 0 Å². The number of carbonyl (C=O) groups is 2. The minimum absolute atomic E-state index is 0.0630. The Bertz CT molecular complexity index is 1270. The van der Waals surface area contributed by atoms with E-state index in [2.05, 4.69) is 118 Å². The van der Waals surface area contributed by atoms with Crippen molar-refractivity contribution in [3.8, 4) is 0 Å². The summed E-state index contributed by atoms with van der Waals surface area (Å²) in [6.45, 7) is 7.62. The summed E-state index contributed by atoms with van der Waals surface area (Å²) in [5.74, 6) is -0.433. The topological polar surface area (TPSA) is 61.8 Å². The molecule has 5 nitrogen and oxygen atoms in total. The van der Waals surface area contributed by atoms with Gasteiger partial charge in [0.2, 0.25) is 0 Å². The quantitative estimate of drug-likeness (QED) is 0.0346. The highest BCUT2D eigenvalue weighted by Gasteiger charge is 2.17. The fraction of sp³-hybridized carbons (Fsp3) is 0.705. The summed E-state index contributed by atoms with van der Waals surface area (Å²) in [4.78, 5) is 25.5. The van der Waals surface area contributed by atoms with Gasteiger partial charge in [0.05, 0.1) is 6.61 Å². The maximum absolute atomic E-state index is 12.8. The zero-order valence-corrected chi connectivity index (χ0v) is 43.4. The van der Waals surface area contributed by atoms with E-state index in [1.807, 2.05) is 0 Å². The van der Waals surface area contributed by atoms with Gasteiger partial charge in [-0.25, -0.2) is 0 Å². The molecule has 0 saturated carbocycles. The second kappa shape index (κ2) is 56.1. The molecule has 0 aromatic rings. The third-order valence-electron chi connectivity index (χ3n) is 11.6.